The summed E-state index contributed by atoms with van der Waals surface area (Å²) < 4.78 is 2.71. The molecular formula is C22H19BrN6O. The van der Waals surface area contributed by atoms with Gasteiger partial charge in [0, 0.05) is 47.5 Å². The summed E-state index contributed by atoms with van der Waals surface area (Å²) >= 11 is 3.45. The minimum absolute atomic E-state index is 0.0294. The van der Waals surface area contributed by atoms with E-state index in [1.54, 1.807) is 16.9 Å². The number of halogens is 1. The van der Waals surface area contributed by atoms with Crippen LogP contribution in [0.4, 0.5) is 5.82 Å². The van der Waals surface area contributed by atoms with Crippen molar-refractivity contribution in [3.63, 3.8) is 0 Å². The number of rotatable bonds is 3. The van der Waals surface area contributed by atoms with Crippen molar-refractivity contribution >= 4 is 50.2 Å². The Balaban J connectivity index is 1.33. The SMILES string of the molecule is O=C(/C=C/c1cccc(Br)c1)N1CCN(c2nn3cnnc3c3ccccc23)CC1. The topological polar surface area (TPSA) is 66.6 Å². The Morgan fingerprint density at radius 3 is 2.60 bits per heavy atom. The maximum atomic E-state index is 12.6. The zero-order valence-corrected chi connectivity index (χ0v) is 17.7. The minimum Gasteiger partial charge on any atom is -0.351 e. The number of carbonyl (C=O) groups is 1. The summed E-state index contributed by atoms with van der Waals surface area (Å²) in [5.74, 6) is 0.927. The fourth-order valence-corrected chi connectivity index (χ4v) is 4.18. The molecule has 0 spiro atoms. The number of carbonyl (C=O) groups excluding carboxylic acids is 1. The van der Waals surface area contributed by atoms with E-state index in [-0.39, 0.29) is 5.91 Å². The summed E-state index contributed by atoms with van der Waals surface area (Å²) in [5.41, 5.74) is 1.75. The summed E-state index contributed by atoms with van der Waals surface area (Å²) in [6.45, 7) is 2.75. The molecule has 7 nitrogen and oxygen atoms in total. The Bertz CT molecular complexity index is 1260. The van der Waals surface area contributed by atoms with Crippen LogP contribution in [0.5, 0.6) is 0 Å². The van der Waals surface area contributed by atoms with Gasteiger partial charge in [-0.15, -0.1) is 15.3 Å². The third kappa shape index (κ3) is 3.54. The first-order valence-electron chi connectivity index (χ1n) is 9.75. The van der Waals surface area contributed by atoms with Crippen molar-refractivity contribution in [1.82, 2.24) is 24.7 Å². The number of anilines is 1. The number of fused-ring (bicyclic) bond motifs is 3. The maximum Gasteiger partial charge on any atom is 0.246 e. The second-order valence-corrected chi connectivity index (χ2v) is 8.08. The predicted octanol–water partition coefficient (Wildman–Crippen LogP) is 3.40. The van der Waals surface area contributed by atoms with Crippen LogP contribution in [0.3, 0.4) is 0 Å². The number of aromatic nitrogens is 4. The molecule has 5 rings (SSSR count). The zero-order chi connectivity index (χ0) is 20.5. The minimum atomic E-state index is 0.0294. The van der Waals surface area contributed by atoms with Crippen molar-refractivity contribution in [2.45, 2.75) is 0 Å². The smallest absolute Gasteiger partial charge is 0.246 e. The molecule has 30 heavy (non-hydrogen) atoms. The molecule has 1 aliphatic rings. The summed E-state index contributed by atoms with van der Waals surface area (Å²) in [4.78, 5) is 16.7. The lowest BCUT2D eigenvalue weighted by molar-refractivity contribution is -0.126. The molecule has 4 aromatic rings. The summed E-state index contributed by atoms with van der Waals surface area (Å²) in [6.07, 6.45) is 5.13. The Kier molecular flexibility index (Phi) is 4.92. The quantitative estimate of drug-likeness (QED) is 0.436. The van der Waals surface area contributed by atoms with Crippen molar-refractivity contribution in [1.29, 1.82) is 0 Å². The molecule has 1 saturated heterocycles. The molecule has 0 N–H and O–H groups in total. The van der Waals surface area contributed by atoms with Crippen LogP contribution in [0.15, 0.2) is 65.4 Å². The highest BCUT2D eigenvalue weighted by molar-refractivity contribution is 9.10. The van der Waals surface area contributed by atoms with Crippen molar-refractivity contribution in [2.75, 3.05) is 31.1 Å². The van der Waals surface area contributed by atoms with E-state index in [9.17, 15) is 4.79 Å². The van der Waals surface area contributed by atoms with Gasteiger partial charge >= 0.3 is 0 Å². The van der Waals surface area contributed by atoms with Crippen LogP contribution in [0, 0.1) is 0 Å². The highest BCUT2D eigenvalue weighted by atomic mass is 79.9. The first kappa shape index (κ1) is 18.7. The molecule has 0 atom stereocenters. The predicted molar refractivity (Wildman–Crippen MR) is 120 cm³/mol. The van der Waals surface area contributed by atoms with Gasteiger partial charge < -0.3 is 9.80 Å². The number of hydrogen-bond acceptors (Lipinski definition) is 5. The van der Waals surface area contributed by atoms with Gasteiger partial charge in [-0.05, 0) is 23.8 Å². The van der Waals surface area contributed by atoms with Gasteiger partial charge in [-0.2, -0.15) is 4.52 Å². The monoisotopic (exact) mass is 462 g/mol. The third-order valence-corrected chi connectivity index (χ3v) is 5.79. The summed E-state index contributed by atoms with van der Waals surface area (Å²) in [7, 11) is 0. The van der Waals surface area contributed by atoms with Crippen molar-refractivity contribution in [2.24, 2.45) is 0 Å². The van der Waals surface area contributed by atoms with Crippen LogP contribution in [-0.4, -0.2) is 56.8 Å². The standard InChI is InChI=1S/C22H19BrN6O/c23-17-5-3-4-16(14-17)8-9-20(30)27-10-12-28(13-11-27)22-19-7-2-1-6-18(19)21-25-24-15-29(21)26-22/h1-9,14-15H,10-13H2/b9-8+. The van der Waals surface area contributed by atoms with E-state index in [1.165, 1.54) is 0 Å². The van der Waals surface area contributed by atoms with E-state index in [2.05, 4.69) is 37.1 Å². The highest BCUT2D eigenvalue weighted by Crippen LogP contribution is 2.27. The second-order valence-electron chi connectivity index (χ2n) is 7.17. The van der Waals surface area contributed by atoms with Crippen LogP contribution in [0.1, 0.15) is 5.56 Å². The maximum absolute atomic E-state index is 12.6. The van der Waals surface area contributed by atoms with Crippen molar-refractivity contribution in [3.8, 4) is 0 Å². The van der Waals surface area contributed by atoms with Gasteiger partial charge in [-0.1, -0.05) is 52.3 Å². The summed E-state index contributed by atoms with van der Waals surface area (Å²) in [6, 6.07) is 16.0. The zero-order valence-electron chi connectivity index (χ0n) is 16.1. The summed E-state index contributed by atoms with van der Waals surface area (Å²) in [5, 5.41) is 15.0. The average Bonchev–Trinajstić information content (AvgIpc) is 3.26. The van der Waals surface area contributed by atoms with E-state index in [4.69, 9.17) is 5.10 Å². The van der Waals surface area contributed by atoms with Crippen molar-refractivity contribution < 1.29 is 4.79 Å². The molecule has 150 valence electrons. The van der Waals surface area contributed by atoms with Gasteiger partial charge in [0.15, 0.2) is 11.5 Å². The average molecular weight is 463 g/mol. The van der Waals surface area contributed by atoms with E-state index < -0.39 is 0 Å². The fourth-order valence-electron chi connectivity index (χ4n) is 3.76. The molecule has 0 saturated carbocycles. The Hall–Kier alpha value is -3.26. The fraction of sp³-hybridized carbons (Fsp3) is 0.182. The van der Waals surface area contributed by atoms with Crippen LogP contribution in [0.25, 0.3) is 22.5 Å². The van der Waals surface area contributed by atoms with Gasteiger partial charge in [-0.3, -0.25) is 4.79 Å². The molecular weight excluding hydrogens is 444 g/mol. The molecule has 0 bridgehead atoms. The number of piperazine rings is 1. The van der Waals surface area contributed by atoms with Gasteiger partial charge in [0.25, 0.3) is 0 Å². The molecule has 2 aromatic carbocycles. The second kappa shape index (κ2) is 7.87. The lowest BCUT2D eigenvalue weighted by Crippen LogP contribution is -2.48. The molecule has 8 heteroatoms. The first-order chi connectivity index (χ1) is 14.7. The van der Waals surface area contributed by atoms with Gasteiger partial charge in [0.1, 0.15) is 6.33 Å². The van der Waals surface area contributed by atoms with E-state index >= 15 is 0 Å². The highest BCUT2D eigenvalue weighted by Gasteiger charge is 2.23. The van der Waals surface area contributed by atoms with E-state index in [0.717, 1.165) is 45.4 Å². The lowest BCUT2D eigenvalue weighted by Gasteiger charge is -2.35. The van der Waals surface area contributed by atoms with Gasteiger partial charge in [-0.25, -0.2) is 0 Å². The molecule has 1 fully saturated rings. The van der Waals surface area contributed by atoms with Crippen LogP contribution >= 0.6 is 15.9 Å². The largest absolute Gasteiger partial charge is 0.351 e. The first-order valence-corrected chi connectivity index (χ1v) is 10.5. The van der Waals surface area contributed by atoms with E-state index in [1.807, 2.05) is 53.4 Å². The molecule has 1 aliphatic heterocycles. The van der Waals surface area contributed by atoms with Crippen LogP contribution in [0.2, 0.25) is 0 Å². The Morgan fingerprint density at radius 1 is 1.00 bits per heavy atom. The normalized spacial score (nSPS) is 14.8. The van der Waals surface area contributed by atoms with Gasteiger partial charge in [0.2, 0.25) is 5.91 Å². The van der Waals surface area contributed by atoms with E-state index in [0.29, 0.717) is 13.1 Å². The van der Waals surface area contributed by atoms with Crippen LogP contribution in [-0.2, 0) is 4.79 Å². The van der Waals surface area contributed by atoms with Crippen LogP contribution < -0.4 is 4.90 Å². The van der Waals surface area contributed by atoms with Crippen molar-refractivity contribution in [3.05, 3.63) is 71.0 Å². The lowest BCUT2D eigenvalue weighted by atomic mass is 10.1. The Labute approximate surface area is 181 Å². The molecule has 0 unspecified atom stereocenters. The van der Waals surface area contributed by atoms with Gasteiger partial charge in [0.05, 0.1) is 0 Å². The third-order valence-electron chi connectivity index (χ3n) is 5.30. The molecule has 0 radical (unpaired) electrons. The Morgan fingerprint density at radius 2 is 1.80 bits per heavy atom. The number of nitrogens with zero attached hydrogens (tertiary/aromatic N) is 6. The molecule has 0 aliphatic carbocycles. The number of hydrogen-bond donors (Lipinski definition) is 0. The molecule has 3 heterocycles. The molecule has 2 aromatic heterocycles. The molecule has 1 amide bonds. The number of benzene rings is 2. The number of amides is 1.